The number of rotatable bonds is 4. The molecule has 0 unspecified atom stereocenters. The van der Waals surface area contributed by atoms with Crippen molar-refractivity contribution in [2.75, 3.05) is 0 Å². The van der Waals surface area contributed by atoms with Gasteiger partial charge in [0, 0.05) is 49.0 Å². The molecule has 12 aromatic rings. The molecule has 0 aliphatic rings. The minimum Gasteiger partial charge on any atom is -0.456 e. The lowest BCUT2D eigenvalue weighted by molar-refractivity contribution is 0.668. The number of para-hydroxylation sites is 3. The number of hydrogen-bond acceptors (Lipinski definition) is 6. The van der Waals surface area contributed by atoms with Crippen molar-refractivity contribution in [2.45, 2.75) is 0 Å². The van der Waals surface area contributed by atoms with Crippen LogP contribution in [0.2, 0.25) is 0 Å². The third-order valence-electron chi connectivity index (χ3n) is 10.7. The minimum atomic E-state index is 0.567. The lowest BCUT2D eigenvalue weighted by Crippen LogP contribution is -2.00. The maximum Gasteiger partial charge on any atom is 0.164 e. The van der Waals surface area contributed by atoms with E-state index in [1.807, 2.05) is 78.9 Å². The van der Waals surface area contributed by atoms with Gasteiger partial charge in [-0.1, -0.05) is 115 Å². The molecule has 0 aliphatic heterocycles. The molecule has 0 fully saturated rings. The monoisotopic (exact) mass is 705 g/mol. The summed E-state index contributed by atoms with van der Waals surface area (Å²) >= 11 is 0. The van der Waals surface area contributed by atoms with Crippen LogP contribution in [0, 0.1) is 0 Å². The van der Waals surface area contributed by atoms with Crippen LogP contribution in [-0.2, 0) is 0 Å². The molecule has 4 heterocycles. The van der Waals surface area contributed by atoms with Gasteiger partial charge in [-0.05, 0) is 70.4 Å². The average Bonchev–Trinajstić information content (AvgIpc) is 3.95. The Labute approximate surface area is 312 Å². The van der Waals surface area contributed by atoms with E-state index in [1.165, 1.54) is 0 Å². The largest absolute Gasteiger partial charge is 0.456 e. The predicted octanol–water partition coefficient (Wildman–Crippen LogP) is 13.4. The van der Waals surface area contributed by atoms with Crippen molar-refractivity contribution in [1.82, 2.24) is 15.0 Å². The Kier molecular flexibility index (Phi) is 6.24. The van der Waals surface area contributed by atoms with Crippen LogP contribution < -0.4 is 0 Å². The van der Waals surface area contributed by atoms with Crippen LogP contribution in [-0.4, -0.2) is 15.0 Å². The molecule has 0 amide bonds. The molecule has 0 aliphatic carbocycles. The van der Waals surface area contributed by atoms with Gasteiger partial charge in [-0.15, -0.1) is 0 Å². The number of benzene rings is 8. The molecule has 0 bridgehead atoms. The molecule has 0 atom stereocenters. The first-order valence-corrected chi connectivity index (χ1v) is 18.3. The Morgan fingerprint density at radius 1 is 0.291 bits per heavy atom. The van der Waals surface area contributed by atoms with E-state index in [4.69, 9.17) is 28.2 Å². The average molecular weight is 706 g/mol. The van der Waals surface area contributed by atoms with E-state index in [-0.39, 0.29) is 0 Å². The van der Waals surface area contributed by atoms with Gasteiger partial charge in [-0.3, -0.25) is 0 Å². The Morgan fingerprint density at radius 2 is 0.764 bits per heavy atom. The van der Waals surface area contributed by atoms with E-state index in [2.05, 4.69) is 84.9 Å². The summed E-state index contributed by atoms with van der Waals surface area (Å²) in [7, 11) is 0. The van der Waals surface area contributed by atoms with Crippen molar-refractivity contribution in [3.05, 3.63) is 164 Å². The van der Waals surface area contributed by atoms with E-state index >= 15 is 0 Å². The second-order valence-corrected chi connectivity index (χ2v) is 13.9. The van der Waals surface area contributed by atoms with E-state index in [9.17, 15) is 0 Å². The summed E-state index contributed by atoms with van der Waals surface area (Å²) in [6.07, 6.45) is 0. The molecule has 0 N–H and O–H groups in total. The van der Waals surface area contributed by atoms with E-state index < -0.39 is 0 Å². The van der Waals surface area contributed by atoms with Gasteiger partial charge in [-0.25, -0.2) is 15.0 Å². The number of fused-ring (bicyclic) bond motifs is 11. The highest BCUT2D eigenvalue weighted by molar-refractivity contribution is 6.19. The predicted molar refractivity (Wildman–Crippen MR) is 221 cm³/mol. The van der Waals surface area contributed by atoms with Crippen LogP contribution in [0.1, 0.15) is 0 Å². The molecule has 0 spiro atoms. The number of furan rings is 3. The molecule has 0 saturated heterocycles. The zero-order valence-electron chi connectivity index (χ0n) is 29.2. The van der Waals surface area contributed by atoms with Crippen LogP contribution in [0.25, 0.3) is 122 Å². The molecule has 55 heavy (non-hydrogen) atoms. The molecule has 0 radical (unpaired) electrons. The van der Waals surface area contributed by atoms with Crippen molar-refractivity contribution >= 4 is 76.6 Å². The fourth-order valence-electron chi connectivity index (χ4n) is 8.24. The van der Waals surface area contributed by atoms with Gasteiger partial charge in [-0.2, -0.15) is 0 Å². The van der Waals surface area contributed by atoms with Crippen LogP contribution >= 0.6 is 0 Å². The van der Waals surface area contributed by atoms with Crippen molar-refractivity contribution < 1.29 is 13.3 Å². The van der Waals surface area contributed by atoms with E-state index in [1.54, 1.807) is 0 Å². The van der Waals surface area contributed by atoms with Gasteiger partial charge < -0.3 is 13.3 Å². The molecule has 8 aromatic carbocycles. The number of nitrogens with zero attached hydrogens (tertiary/aromatic N) is 3. The number of aromatic nitrogens is 3. The first-order chi connectivity index (χ1) is 27.2. The first kappa shape index (κ1) is 29.9. The van der Waals surface area contributed by atoms with E-state index in [0.29, 0.717) is 17.5 Å². The standard InChI is InChI=1S/C49H27N3O3/c1-4-17-38-33(12-1)44-32(15-8-20-41(44)53-38)29-10-7-11-30(26-29)47-50-48(52-49(51-47)36-16-9-21-42-45(36)34-13-2-5-18-39(34)54-42)31-23-22-28-24-25-43-46(37(28)27-31)35-14-3-6-19-40(35)55-43/h1-27H. The van der Waals surface area contributed by atoms with Gasteiger partial charge >= 0.3 is 0 Å². The summed E-state index contributed by atoms with van der Waals surface area (Å²) in [6.45, 7) is 0. The molecule has 6 nitrogen and oxygen atoms in total. The van der Waals surface area contributed by atoms with Crippen LogP contribution in [0.15, 0.2) is 177 Å². The van der Waals surface area contributed by atoms with Gasteiger partial charge in [0.1, 0.15) is 33.5 Å². The summed E-state index contributed by atoms with van der Waals surface area (Å²) in [5.74, 6) is 1.71. The van der Waals surface area contributed by atoms with Crippen LogP contribution in [0.3, 0.4) is 0 Å². The highest BCUT2D eigenvalue weighted by Crippen LogP contribution is 2.40. The topological polar surface area (TPSA) is 78.1 Å². The summed E-state index contributed by atoms with van der Waals surface area (Å²) in [5.41, 5.74) is 9.78. The smallest absolute Gasteiger partial charge is 0.164 e. The van der Waals surface area contributed by atoms with Crippen molar-refractivity contribution in [3.8, 4) is 45.3 Å². The summed E-state index contributed by atoms with van der Waals surface area (Å²) in [4.78, 5) is 15.7. The molecule has 12 rings (SSSR count). The minimum absolute atomic E-state index is 0.567. The lowest BCUT2D eigenvalue weighted by Gasteiger charge is -2.11. The second kappa shape index (κ2) is 11.5. The molecular weight excluding hydrogens is 679 g/mol. The van der Waals surface area contributed by atoms with Crippen molar-refractivity contribution in [1.29, 1.82) is 0 Å². The summed E-state index contributed by atoms with van der Waals surface area (Å²) < 4.78 is 18.8. The zero-order valence-corrected chi connectivity index (χ0v) is 29.2. The Morgan fingerprint density at radius 3 is 1.44 bits per heavy atom. The zero-order chi connectivity index (χ0) is 36.0. The fourth-order valence-corrected chi connectivity index (χ4v) is 8.24. The first-order valence-electron chi connectivity index (χ1n) is 18.3. The van der Waals surface area contributed by atoms with Gasteiger partial charge in [0.2, 0.25) is 0 Å². The van der Waals surface area contributed by atoms with Crippen LogP contribution in [0.5, 0.6) is 0 Å². The maximum absolute atomic E-state index is 6.30. The summed E-state index contributed by atoms with van der Waals surface area (Å²) in [5, 5.41) is 8.49. The quantitative estimate of drug-likeness (QED) is 0.181. The van der Waals surface area contributed by atoms with Crippen molar-refractivity contribution in [2.24, 2.45) is 0 Å². The molecular formula is C49H27N3O3. The number of hydrogen-bond donors (Lipinski definition) is 0. The van der Waals surface area contributed by atoms with E-state index in [0.717, 1.165) is 104 Å². The Bertz CT molecular complexity index is 3520. The highest BCUT2D eigenvalue weighted by atomic mass is 16.3. The summed E-state index contributed by atoms with van der Waals surface area (Å²) in [6, 6.07) is 55.7. The third-order valence-corrected chi connectivity index (χ3v) is 10.7. The third kappa shape index (κ3) is 4.58. The highest BCUT2D eigenvalue weighted by Gasteiger charge is 2.20. The SMILES string of the molecule is c1cc(-c2nc(-c3ccc4ccc5oc6ccccc6c5c4c3)nc(-c3cccc4oc5ccccc5c34)n2)cc(-c2cccc3oc4ccccc4c23)c1. The molecule has 0 saturated carbocycles. The van der Waals surface area contributed by atoms with Gasteiger partial charge in [0.15, 0.2) is 17.5 Å². The Balaban J connectivity index is 1.10. The molecule has 256 valence electrons. The molecule has 6 heteroatoms. The maximum atomic E-state index is 6.30. The Hall–Kier alpha value is -7.57. The second-order valence-electron chi connectivity index (χ2n) is 13.9. The normalized spacial score (nSPS) is 12.0. The van der Waals surface area contributed by atoms with Crippen molar-refractivity contribution in [3.63, 3.8) is 0 Å². The molecule has 4 aromatic heterocycles. The lowest BCUT2D eigenvalue weighted by atomic mass is 9.97. The van der Waals surface area contributed by atoms with Gasteiger partial charge in [0.05, 0.1) is 0 Å². The van der Waals surface area contributed by atoms with Crippen LogP contribution in [0.4, 0.5) is 0 Å². The fraction of sp³-hybridized carbons (Fsp3) is 0. The van der Waals surface area contributed by atoms with Gasteiger partial charge in [0.25, 0.3) is 0 Å².